The SMILES string of the molecule is Cl[Si]1(Cl)[SiH2][SiH2][SiH2]1. The van der Waals surface area contributed by atoms with E-state index in [-0.39, 0.29) is 0 Å². The molecule has 0 aromatic carbocycles. The minimum absolute atomic E-state index is 0.303. The Morgan fingerprint density at radius 1 is 1.17 bits per heavy atom. The zero-order valence-electron chi connectivity index (χ0n) is 3.38. The lowest BCUT2D eigenvalue weighted by Crippen LogP contribution is -2.57. The van der Waals surface area contributed by atoms with Crippen molar-refractivity contribution in [1.29, 1.82) is 0 Å². The van der Waals surface area contributed by atoms with Crippen molar-refractivity contribution in [2.24, 2.45) is 0 Å². The minimum atomic E-state index is -1.17. The van der Waals surface area contributed by atoms with Crippen LogP contribution in [0.25, 0.3) is 0 Å². The molecular formula is H6Cl2Si4. The van der Waals surface area contributed by atoms with Crippen LogP contribution in [0.2, 0.25) is 0 Å². The summed E-state index contributed by atoms with van der Waals surface area (Å²) in [6, 6.07) is 0. The van der Waals surface area contributed by atoms with Crippen LogP contribution >= 0.6 is 22.2 Å². The third kappa shape index (κ3) is 1.21. The zero-order chi connectivity index (χ0) is 4.62. The molecule has 6 heavy (non-hydrogen) atoms. The molecule has 0 atom stereocenters. The lowest BCUT2D eigenvalue weighted by molar-refractivity contribution is 3.48. The Kier molecular flexibility index (Phi) is 1.63. The molecule has 1 saturated heterocycles. The Morgan fingerprint density at radius 2 is 1.50 bits per heavy atom. The van der Waals surface area contributed by atoms with Crippen LogP contribution in [0.3, 0.4) is 0 Å². The molecule has 0 amide bonds. The fourth-order valence-corrected chi connectivity index (χ4v) is 79.3. The summed E-state index contributed by atoms with van der Waals surface area (Å²) >= 11 is 11.7. The van der Waals surface area contributed by atoms with Crippen molar-refractivity contribution >= 4 is 53.6 Å². The summed E-state index contributed by atoms with van der Waals surface area (Å²) in [4.78, 5) is 0. The van der Waals surface area contributed by atoms with E-state index in [0.29, 0.717) is 25.7 Å². The molecule has 6 heteroatoms. The van der Waals surface area contributed by atoms with Gasteiger partial charge in [0, 0.05) is 17.1 Å². The van der Waals surface area contributed by atoms with Crippen molar-refractivity contribution in [3.63, 3.8) is 0 Å². The van der Waals surface area contributed by atoms with Crippen molar-refractivity contribution < 1.29 is 0 Å². The smallest absolute Gasteiger partial charge is 0.156 e. The first-order valence-corrected chi connectivity index (χ1v) is 18.8. The van der Waals surface area contributed by atoms with Gasteiger partial charge in [-0.3, -0.25) is 0 Å². The molecule has 1 heterocycles. The fourth-order valence-electron chi connectivity index (χ4n) is 0.444. The second kappa shape index (κ2) is 1.75. The summed E-state index contributed by atoms with van der Waals surface area (Å²) in [7, 11) is 1.18. The van der Waals surface area contributed by atoms with Crippen LogP contribution in [0, 0.1) is 0 Å². The molecule has 0 aromatic heterocycles. The predicted octanol–water partition coefficient (Wildman–Crippen LogP) is -1.75. The molecule has 0 saturated carbocycles. The first-order chi connectivity index (χ1) is 2.71. The Balaban J connectivity index is 2.31. The Labute approximate surface area is 53.6 Å². The summed E-state index contributed by atoms with van der Waals surface area (Å²) in [5.41, 5.74) is -1.17. The van der Waals surface area contributed by atoms with Gasteiger partial charge in [-0.2, -0.15) is 22.2 Å². The topological polar surface area (TPSA) is 0 Å². The van der Waals surface area contributed by atoms with Crippen LogP contribution in [0.15, 0.2) is 0 Å². The van der Waals surface area contributed by atoms with Gasteiger partial charge in [0.25, 0.3) is 0 Å². The second-order valence-corrected chi connectivity index (χ2v) is 46.2. The molecular weight excluding hydrogens is 183 g/mol. The van der Waals surface area contributed by atoms with E-state index in [9.17, 15) is 0 Å². The molecule has 0 unspecified atom stereocenters. The largest absolute Gasteiger partial charge is 0.207 e. The Bertz CT molecular complexity index is 52.6. The van der Waals surface area contributed by atoms with Crippen LogP contribution < -0.4 is 0 Å². The van der Waals surface area contributed by atoms with Gasteiger partial charge in [0.2, 0.25) is 5.73 Å². The van der Waals surface area contributed by atoms with E-state index in [2.05, 4.69) is 0 Å². The van der Waals surface area contributed by atoms with Crippen molar-refractivity contribution in [2.75, 3.05) is 0 Å². The average Bonchev–Trinajstić information content (AvgIpc) is 1.32. The number of halogens is 2. The van der Waals surface area contributed by atoms with Crippen LogP contribution in [0.4, 0.5) is 0 Å². The van der Waals surface area contributed by atoms with E-state index >= 15 is 0 Å². The van der Waals surface area contributed by atoms with Gasteiger partial charge in [-0.1, -0.05) is 0 Å². The van der Waals surface area contributed by atoms with E-state index in [0.717, 1.165) is 0 Å². The van der Waals surface area contributed by atoms with Gasteiger partial charge in [0.05, 0.1) is 0 Å². The van der Waals surface area contributed by atoms with Gasteiger partial charge in [0.1, 0.15) is 0 Å². The van der Waals surface area contributed by atoms with E-state index in [4.69, 9.17) is 22.2 Å². The van der Waals surface area contributed by atoms with Crippen molar-refractivity contribution in [3.05, 3.63) is 0 Å². The molecule has 1 aliphatic rings. The van der Waals surface area contributed by atoms with E-state index in [1.54, 1.807) is 0 Å². The van der Waals surface area contributed by atoms with Crippen LogP contribution in [-0.2, 0) is 0 Å². The lowest BCUT2D eigenvalue weighted by Gasteiger charge is -2.23. The number of rotatable bonds is 0. The maximum atomic E-state index is 5.87. The maximum absolute atomic E-state index is 5.87. The average molecular weight is 189 g/mol. The normalized spacial score (nSPS) is 41.0. The summed E-state index contributed by atoms with van der Waals surface area (Å²) in [5, 5.41) is 0. The standard InChI is InChI=1S/Cl2H6Si4/c1-6(2)4-3-5-6/h3-5H2. The van der Waals surface area contributed by atoms with Gasteiger partial charge < -0.3 is 0 Å². The fraction of sp³-hybridized carbons (Fsp3) is 0. The quantitative estimate of drug-likeness (QED) is 0.313. The van der Waals surface area contributed by atoms with E-state index in [1.807, 2.05) is 0 Å². The molecule has 0 spiro atoms. The van der Waals surface area contributed by atoms with Gasteiger partial charge in [-0.05, 0) is 8.55 Å². The van der Waals surface area contributed by atoms with Gasteiger partial charge in [-0.15, -0.1) is 0 Å². The maximum Gasteiger partial charge on any atom is 0.207 e. The third-order valence-electron chi connectivity index (χ3n) is 1.09. The number of hydrogen-bond donors (Lipinski definition) is 0. The molecule has 0 radical (unpaired) electrons. The lowest BCUT2D eigenvalue weighted by atomic mass is 26.0. The predicted molar refractivity (Wildman–Crippen MR) is 43.1 cm³/mol. The van der Waals surface area contributed by atoms with E-state index in [1.165, 1.54) is 0 Å². The first kappa shape index (κ1) is 5.58. The van der Waals surface area contributed by atoms with Crippen molar-refractivity contribution in [1.82, 2.24) is 0 Å². The molecule has 36 valence electrons. The molecule has 0 aliphatic carbocycles. The zero-order valence-corrected chi connectivity index (χ0v) is 10.1. The van der Waals surface area contributed by atoms with Crippen LogP contribution in [0.1, 0.15) is 0 Å². The van der Waals surface area contributed by atoms with Gasteiger partial charge in [-0.25, -0.2) is 0 Å². The van der Waals surface area contributed by atoms with E-state index < -0.39 is 5.73 Å². The summed E-state index contributed by atoms with van der Waals surface area (Å²) in [6.07, 6.45) is 0. The molecule has 0 nitrogen and oxygen atoms in total. The monoisotopic (exact) mass is 188 g/mol. The molecule has 1 rings (SSSR count). The Hall–Kier alpha value is 1.45. The van der Waals surface area contributed by atoms with Crippen molar-refractivity contribution in [3.8, 4) is 0 Å². The van der Waals surface area contributed by atoms with Crippen LogP contribution in [-0.4, -0.2) is 31.4 Å². The highest BCUT2D eigenvalue weighted by atomic mass is 35.7. The number of hydrogen-bond acceptors (Lipinski definition) is 0. The molecule has 0 bridgehead atoms. The van der Waals surface area contributed by atoms with Gasteiger partial charge >= 0.3 is 0 Å². The second-order valence-electron chi connectivity index (χ2n) is 1.71. The summed E-state index contributed by atoms with van der Waals surface area (Å²) < 4.78 is 0. The molecule has 0 aromatic rings. The summed E-state index contributed by atoms with van der Waals surface area (Å²) in [5.74, 6) is 0. The van der Waals surface area contributed by atoms with Crippen LogP contribution in [0.5, 0.6) is 0 Å². The van der Waals surface area contributed by atoms with Gasteiger partial charge in [0.15, 0.2) is 0 Å². The highest BCUT2D eigenvalue weighted by Gasteiger charge is 2.36. The van der Waals surface area contributed by atoms with Crippen molar-refractivity contribution in [2.45, 2.75) is 0 Å². The first-order valence-electron chi connectivity index (χ1n) is 2.09. The highest BCUT2D eigenvalue weighted by molar-refractivity contribution is 8.06. The summed E-state index contributed by atoms with van der Waals surface area (Å²) in [6.45, 7) is 0. The Morgan fingerprint density at radius 3 is 1.50 bits per heavy atom. The highest BCUT2D eigenvalue weighted by Crippen LogP contribution is 2.15. The molecule has 0 N–H and O–H groups in total. The molecule has 1 fully saturated rings. The minimum Gasteiger partial charge on any atom is -0.156 e. The third-order valence-corrected chi connectivity index (χ3v) is 87.9. The molecule has 1 aliphatic heterocycles.